The van der Waals surface area contributed by atoms with Crippen LogP contribution in [-0.4, -0.2) is 63.6 Å². The Morgan fingerprint density at radius 2 is 1.44 bits per heavy atom. The predicted octanol–water partition coefficient (Wildman–Crippen LogP) is 5.40. The summed E-state index contributed by atoms with van der Waals surface area (Å²) in [5.41, 5.74) is 7.09. The summed E-state index contributed by atoms with van der Waals surface area (Å²) < 4.78 is 2.30. The highest BCUT2D eigenvalue weighted by atomic mass is 15.3. The van der Waals surface area contributed by atoms with Crippen molar-refractivity contribution in [3.8, 4) is 0 Å². The van der Waals surface area contributed by atoms with Crippen molar-refractivity contribution in [3.63, 3.8) is 0 Å². The van der Waals surface area contributed by atoms with E-state index < -0.39 is 0 Å². The van der Waals surface area contributed by atoms with Crippen molar-refractivity contribution in [2.45, 2.75) is 72.8 Å². The molecule has 0 aliphatic carbocycles. The Morgan fingerprint density at radius 3 is 2.09 bits per heavy atom. The number of pyridine rings is 1. The fraction of sp³-hybridized carbons (Fsp3) is 0.586. The maximum atomic E-state index is 4.89. The molecule has 1 fully saturated rings. The summed E-state index contributed by atoms with van der Waals surface area (Å²) in [4.78, 5) is 15.0. The van der Waals surface area contributed by atoms with Gasteiger partial charge in [-0.05, 0) is 69.0 Å². The largest absolute Gasteiger partial charge is 0.308 e. The molecule has 1 saturated heterocycles. The van der Waals surface area contributed by atoms with Crippen molar-refractivity contribution < 1.29 is 0 Å². The summed E-state index contributed by atoms with van der Waals surface area (Å²) >= 11 is 0. The van der Waals surface area contributed by atoms with Gasteiger partial charge in [0.05, 0.1) is 6.54 Å². The third kappa shape index (κ3) is 6.25. The maximum absolute atomic E-state index is 4.89. The Labute approximate surface area is 206 Å². The van der Waals surface area contributed by atoms with Crippen LogP contribution in [0.2, 0.25) is 0 Å². The summed E-state index contributed by atoms with van der Waals surface area (Å²) in [7, 11) is 0. The Hall–Kier alpha value is -2.24. The van der Waals surface area contributed by atoms with Crippen LogP contribution in [0.3, 0.4) is 0 Å². The topological polar surface area (TPSA) is 37.2 Å². The van der Waals surface area contributed by atoms with E-state index in [1.807, 2.05) is 0 Å². The lowest BCUT2D eigenvalue weighted by molar-refractivity contribution is 0.130. The fourth-order valence-electron chi connectivity index (χ4n) is 5.21. The SMILES string of the molecule is CCCCCN1CCN(CCCc2ccc(Cn3c(CC)nc4c(C)cc(C)nc43)cc2)CC1. The first-order valence-electron chi connectivity index (χ1n) is 13.4. The van der Waals surface area contributed by atoms with E-state index in [0.29, 0.717) is 0 Å². The van der Waals surface area contributed by atoms with Crippen LogP contribution < -0.4 is 0 Å². The highest BCUT2D eigenvalue weighted by molar-refractivity contribution is 5.76. The van der Waals surface area contributed by atoms with Crippen molar-refractivity contribution in [3.05, 3.63) is 58.5 Å². The first-order chi connectivity index (χ1) is 16.6. The third-order valence-corrected chi connectivity index (χ3v) is 7.26. The molecule has 2 aromatic heterocycles. The molecular formula is C29H43N5. The number of piperazine rings is 1. The zero-order chi connectivity index (χ0) is 23.9. The zero-order valence-corrected chi connectivity index (χ0v) is 21.8. The quantitative estimate of drug-likeness (QED) is 0.358. The second kappa shape index (κ2) is 11.9. The average Bonchev–Trinajstić information content (AvgIpc) is 3.19. The van der Waals surface area contributed by atoms with Crippen molar-refractivity contribution in [2.24, 2.45) is 0 Å². The van der Waals surface area contributed by atoms with Gasteiger partial charge in [-0.15, -0.1) is 0 Å². The van der Waals surface area contributed by atoms with Crippen LogP contribution in [0.1, 0.15) is 67.7 Å². The summed E-state index contributed by atoms with van der Waals surface area (Å²) in [6.07, 6.45) is 7.36. The van der Waals surface area contributed by atoms with Gasteiger partial charge >= 0.3 is 0 Å². The molecule has 1 aliphatic heterocycles. The number of imidazole rings is 1. The van der Waals surface area contributed by atoms with E-state index in [1.54, 1.807) is 0 Å². The lowest BCUT2D eigenvalue weighted by Gasteiger charge is -2.34. The Kier molecular flexibility index (Phi) is 8.74. The molecule has 0 spiro atoms. The summed E-state index contributed by atoms with van der Waals surface area (Å²) in [6, 6.07) is 11.3. The molecule has 0 amide bonds. The van der Waals surface area contributed by atoms with Gasteiger partial charge in [0.2, 0.25) is 0 Å². The van der Waals surface area contributed by atoms with Crippen LogP contribution in [-0.2, 0) is 19.4 Å². The molecule has 4 rings (SSSR count). The van der Waals surface area contributed by atoms with Crippen molar-refractivity contribution >= 4 is 11.2 Å². The molecule has 0 radical (unpaired) electrons. The van der Waals surface area contributed by atoms with Gasteiger partial charge in [-0.1, -0.05) is 51.0 Å². The van der Waals surface area contributed by atoms with Gasteiger partial charge in [-0.2, -0.15) is 0 Å². The molecule has 0 bridgehead atoms. The monoisotopic (exact) mass is 461 g/mol. The highest BCUT2D eigenvalue weighted by Gasteiger charge is 2.16. The predicted molar refractivity (Wildman–Crippen MR) is 143 cm³/mol. The van der Waals surface area contributed by atoms with Crippen LogP contribution in [0, 0.1) is 13.8 Å². The lowest BCUT2D eigenvalue weighted by atomic mass is 10.1. The molecule has 5 heteroatoms. The molecule has 0 N–H and O–H groups in total. The minimum atomic E-state index is 0.832. The minimum Gasteiger partial charge on any atom is -0.308 e. The molecule has 0 saturated carbocycles. The van der Waals surface area contributed by atoms with Crippen LogP contribution in [0.25, 0.3) is 11.2 Å². The van der Waals surface area contributed by atoms with Crippen molar-refractivity contribution in [2.75, 3.05) is 39.3 Å². The van der Waals surface area contributed by atoms with E-state index in [4.69, 9.17) is 9.97 Å². The molecule has 34 heavy (non-hydrogen) atoms. The number of rotatable bonds is 11. The van der Waals surface area contributed by atoms with Crippen LogP contribution in [0.15, 0.2) is 30.3 Å². The Morgan fingerprint density at radius 1 is 0.794 bits per heavy atom. The molecule has 184 valence electrons. The number of unbranched alkanes of at least 4 members (excludes halogenated alkanes) is 2. The summed E-state index contributed by atoms with van der Waals surface area (Å²) in [5, 5.41) is 0. The fourth-order valence-corrected chi connectivity index (χ4v) is 5.21. The van der Waals surface area contributed by atoms with Gasteiger partial charge in [0.25, 0.3) is 0 Å². The Balaban J connectivity index is 1.28. The molecular weight excluding hydrogens is 418 g/mol. The van der Waals surface area contributed by atoms with E-state index in [-0.39, 0.29) is 0 Å². The van der Waals surface area contributed by atoms with E-state index in [0.717, 1.165) is 42.1 Å². The molecule has 3 heterocycles. The minimum absolute atomic E-state index is 0.832. The second-order valence-corrected chi connectivity index (χ2v) is 10.0. The highest BCUT2D eigenvalue weighted by Crippen LogP contribution is 2.21. The van der Waals surface area contributed by atoms with Crippen LogP contribution in [0.5, 0.6) is 0 Å². The Bertz CT molecular complexity index is 1040. The van der Waals surface area contributed by atoms with E-state index in [2.05, 4.69) is 72.4 Å². The average molecular weight is 462 g/mol. The number of nitrogens with zero attached hydrogens (tertiary/aromatic N) is 5. The maximum Gasteiger partial charge on any atom is 0.160 e. The molecule has 3 aromatic rings. The number of hydrogen-bond donors (Lipinski definition) is 0. The smallest absolute Gasteiger partial charge is 0.160 e. The number of aryl methyl sites for hydroxylation is 4. The molecule has 5 nitrogen and oxygen atoms in total. The van der Waals surface area contributed by atoms with E-state index >= 15 is 0 Å². The zero-order valence-electron chi connectivity index (χ0n) is 21.8. The number of hydrogen-bond acceptors (Lipinski definition) is 4. The van der Waals surface area contributed by atoms with Crippen LogP contribution in [0.4, 0.5) is 0 Å². The summed E-state index contributed by atoms with van der Waals surface area (Å²) in [5.74, 6) is 1.12. The van der Waals surface area contributed by atoms with Crippen molar-refractivity contribution in [1.29, 1.82) is 0 Å². The normalized spacial score (nSPS) is 15.4. The van der Waals surface area contributed by atoms with Gasteiger partial charge in [0.15, 0.2) is 5.65 Å². The number of fused-ring (bicyclic) bond motifs is 1. The van der Waals surface area contributed by atoms with E-state index in [1.165, 1.54) is 81.6 Å². The molecule has 1 aromatic carbocycles. The standard InChI is InChI=1S/C29H43N5/c1-5-7-8-15-32-17-19-33(20-18-32)16-9-10-25-11-13-26(14-12-25)22-34-27(6-2)31-28-23(3)21-24(4)30-29(28)34/h11-14,21H,5-10,15-20,22H2,1-4H3. The van der Waals surface area contributed by atoms with E-state index in [9.17, 15) is 0 Å². The first-order valence-corrected chi connectivity index (χ1v) is 13.4. The van der Waals surface area contributed by atoms with Crippen LogP contribution >= 0.6 is 0 Å². The molecule has 0 unspecified atom stereocenters. The summed E-state index contributed by atoms with van der Waals surface area (Å²) in [6.45, 7) is 17.0. The van der Waals surface area contributed by atoms with Gasteiger partial charge in [0.1, 0.15) is 11.3 Å². The molecule has 0 atom stereocenters. The van der Waals surface area contributed by atoms with Gasteiger partial charge in [0, 0.05) is 38.3 Å². The lowest BCUT2D eigenvalue weighted by Crippen LogP contribution is -2.46. The van der Waals surface area contributed by atoms with Crippen molar-refractivity contribution in [1.82, 2.24) is 24.3 Å². The van der Waals surface area contributed by atoms with Gasteiger partial charge in [-0.3, -0.25) is 0 Å². The number of aromatic nitrogens is 3. The third-order valence-electron chi connectivity index (χ3n) is 7.26. The molecule has 1 aliphatic rings. The number of benzene rings is 1. The second-order valence-electron chi connectivity index (χ2n) is 10.0. The van der Waals surface area contributed by atoms with Gasteiger partial charge < -0.3 is 14.4 Å². The first kappa shape index (κ1) is 24.9. The van der Waals surface area contributed by atoms with Gasteiger partial charge in [-0.25, -0.2) is 9.97 Å².